The highest BCUT2D eigenvalue weighted by atomic mass is 32.1. The Bertz CT molecular complexity index is 778. The SMILES string of the molecule is N#Cc1csc(C=CC(=O)c2ccc(N3CCC(O)CC3)cc2)c1. The van der Waals surface area contributed by atoms with Crippen LogP contribution < -0.4 is 4.90 Å². The summed E-state index contributed by atoms with van der Waals surface area (Å²) in [6.07, 6.45) is 4.67. The second-order valence-corrected chi connectivity index (χ2v) is 6.76. The van der Waals surface area contributed by atoms with Crippen molar-refractivity contribution in [3.63, 3.8) is 0 Å². The molecule has 24 heavy (non-hydrogen) atoms. The third-order valence-electron chi connectivity index (χ3n) is 4.13. The van der Waals surface area contributed by atoms with Gasteiger partial charge in [0.1, 0.15) is 6.07 Å². The van der Waals surface area contributed by atoms with Crippen LogP contribution in [-0.2, 0) is 0 Å². The van der Waals surface area contributed by atoms with E-state index < -0.39 is 0 Å². The van der Waals surface area contributed by atoms with Crippen LogP contribution in [0.25, 0.3) is 6.08 Å². The molecule has 0 aliphatic carbocycles. The first-order chi connectivity index (χ1) is 11.7. The highest BCUT2D eigenvalue weighted by molar-refractivity contribution is 7.11. The van der Waals surface area contributed by atoms with Crippen LogP contribution in [0.3, 0.4) is 0 Å². The normalized spacial score (nSPS) is 15.6. The summed E-state index contributed by atoms with van der Waals surface area (Å²) in [7, 11) is 0. The first-order valence-corrected chi connectivity index (χ1v) is 8.78. The van der Waals surface area contributed by atoms with Gasteiger partial charge in [-0.3, -0.25) is 4.79 Å². The van der Waals surface area contributed by atoms with Crippen molar-refractivity contribution in [3.05, 3.63) is 57.8 Å². The zero-order chi connectivity index (χ0) is 16.9. The van der Waals surface area contributed by atoms with Gasteiger partial charge >= 0.3 is 0 Å². The lowest BCUT2D eigenvalue weighted by atomic mass is 10.1. The van der Waals surface area contributed by atoms with Crippen LogP contribution in [0.4, 0.5) is 5.69 Å². The van der Waals surface area contributed by atoms with Crippen LogP contribution in [0.2, 0.25) is 0 Å². The zero-order valence-electron chi connectivity index (χ0n) is 13.2. The van der Waals surface area contributed by atoms with E-state index in [-0.39, 0.29) is 11.9 Å². The quantitative estimate of drug-likeness (QED) is 0.685. The molecule has 122 valence electrons. The standard InChI is InChI=1S/C19H18N2O2S/c20-12-14-11-18(24-13-14)5-6-19(23)15-1-3-16(4-2-15)21-9-7-17(22)8-10-21/h1-6,11,13,17,22H,7-10H2. The largest absolute Gasteiger partial charge is 0.393 e. The number of carbonyl (C=O) groups is 1. The summed E-state index contributed by atoms with van der Waals surface area (Å²) in [6.45, 7) is 1.68. The molecule has 0 atom stereocenters. The number of ketones is 1. The van der Waals surface area contributed by atoms with Crippen molar-refractivity contribution in [1.82, 2.24) is 0 Å². The summed E-state index contributed by atoms with van der Waals surface area (Å²) >= 11 is 1.44. The molecule has 0 spiro atoms. The Kier molecular flexibility index (Phi) is 5.09. The lowest BCUT2D eigenvalue weighted by Crippen LogP contribution is -2.35. The maximum atomic E-state index is 12.2. The second-order valence-electron chi connectivity index (χ2n) is 5.81. The predicted octanol–water partition coefficient (Wildman–Crippen LogP) is 3.48. The van der Waals surface area contributed by atoms with Crippen LogP contribution in [0, 0.1) is 11.3 Å². The average Bonchev–Trinajstić information content (AvgIpc) is 3.09. The van der Waals surface area contributed by atoms with Gasteiger partial charge in [0.05, 0.1) is 11.7 Å². The van der Waals surface area contributed by atoms with E-state index in [4.69, 9.17) is 5.26 Å². The van der Waals surface area contributed by atoms with Gasteiger partial charge in [0.15, 0.2) is 5.78 Å². The Balaban J connectivity index is 1.64. The lowest BCUT2D eigenvalue weighted by molar-refractivity contribution is 0.104. The van der Waals surface area contributed by atoms with E-state index in [0.29, 0.717) is 11.1 Å². The van der Waals surface area contributed by atoms with Gasteiger partial charge in [-0.2, -0.15) is 5.26 Å². The zero-order valence-corrected chi connectivity index (χ0v) is 14.0. The molecule has 0 amide bonds. The smallest absolute Gasteiger partial charge is 0.185 e. The maximum absolute atomic E-state index is 12.2. The number of piperidine rings is 1. The molecule has 5 heteroatoms. The van der Waals surface area contributed by atoms with Crippen molar-refractivity contribution in [2.75, 3.05) is 18.0 Å². The van der Waals surface area contributed by atoms with E-state index in [0.717, 1.165) is 36.5 Å². The Morgan fingerprint density at radius 3 is 2.62 bits per heavy atom. The maximum Gasteiger partial charge on any atom is 0.185 e. The molecule has 1 aliphatic rings. The molecule has 3 rings (SSSR count). The second kappa shape index (κ2) is 7.43. The molecule has 0 radical (unpaired) electrons. The summed E-state index contributed by atoms with van der Waals surface area (Å²) in [5, 5.41) is 20.1. The van der Waals surface area contributed by atoms with Gasteiger partial charge in [0, 0.05) is 34.6 Å². The van der Waals surface area contributed by atoms with Crippen LogP contribution in [0.15, 0.2) is 41.8 Å². The van der Waals surface area contributed by atoms with Gasteiger partial charge in [-0.25, -0.2) is 0 Å². The average molecular weight is 338 g/mol. The Labute approximate surface area is 145 Å². The summed E-state index contributed by atoms with van der Waals surface area (Å²) in [5.74, 6) is -0.0532. The lowest BCUT2D eigenvalue weighted by Gasteiger charge is -2.31. The van der Waals surface area contributed by atoms with Crippen LogP contribution in [-0.4, -0.2) is 30.1 Å². The van der Waals surface area contributed by atoms with Gasteiger partial charge in [-0.1, -0.05) is 0 Å². The Morgan fingerprint density at radius 1 is 1.29 bits per heavy atom. The van der Waals surface area contributed by atoms with E-state index in [1.165, 1.54) is 11.3 Å². The number of aliphatic hydroxyl groups excluding tert-OH is 1. The van der Waals surface area contributed by atoms with E-state index in [2.05, 4.69) is 11.0 Å². The van der Waals surface area contributed by atoms with Crippen molar-refractivity contribution >= 4 is 28.9 Å². The molecule has 0 bridgehead atoms. The number of hydrogen-bond acceptors (Lipinski definition) is 5. The number of nitriles is 1. The minimum Gasteiger partial charge on any atom is -0.393 e. The minimum atomic E-state index is -0.189. The van der Waals surface area contributed by atoms with E-state index in [1.807, 2.05) is 24.3 Å². The number of rotatable bonds is 4. The number of hydrogen-bond donors (Lipinski definition) is 1. The van der Waals surface area contributed by atoms with E-state index in [1.54, 1.807) is 23.6 Å². The van der Waals surface area contributed by atoms with Crippen LogP contribution >= 0.6 is 11.3 Å². The predicted molar refractivity (Wildman–Crippen MR) is 96.3 cm³/mol. The fourth-order valence-corrected chi connectivity index (χ4v) is 3.44. The van der Waals surface area contributed by atoms with E-state index in [9.17, 15) is 9.90 Å². The molecule has 2 heterocycles. The van der Waals surface area contributed by atoms with Gasteiger partial charge < -0.3 is 10.0 Å². The van der Waals surface area contributed by atoms with Crippen molar-refractivity contribution < 1.29 is 9.90 Å². The molecule has 0 saturated carbocycles. The molecule has 1 aromatic carbocycles. The van der Waals surface area contributed by atoms with Crippen molar-refractivity contribution in [1.29, 1.82) is 5.26 Å². The minimum absolute atomic E-state index is 0.0532. The van der Waals surface area contributed by atoms with Gasteiger partial charge in [-0.15, -0.1) is 11.3 Å². The van der Waals surface area contributed by atoms with Gasteiger partial charge in [-0.05, 0) is 55.3 Å². The number of benzene rings is 1. The summed E-state index contributed by atoms with van der Waals surface area (Å²) in [4.78, 5) is 15.4. The van der Waals surface area contributed by atoms with Crippen molar-refractivity contribution in [2.45, 2.75) is 18.9 Å². The molecule has 1 N–H and O–H groups in total. The molecular formula is C19H18N2O2S. The fraction of sp³-hybridized carbons (Fsp3) is 0.263. The third kappa shape index (κ3) is 3.91. The number of carbonyl (C=O) groups excluding carboxylic acids is 1. The summed E-state index contributed by atoms with van der Waals surface area (Å²) < 4.78 is 0. The number of allylic oxidation sites excluding steroid dienone is 1. The molecular weight excluding hydrogens is 320 g/mol. The van der Waals surface area contributed by atoms with E-state index >= 15 is 0 Å². The molecule has 0 unspecified atom stereocenters. The molecule has 1 aliphatic heterocycles. The number of thiophene rings is 1. The molecule has 4 nitrogen and oxygen atoms in total. The highest BCUT2D eigenvalue weighted by Gasteiger charge is 2.17. The molecule has 1 aromatic heterocycles. The summed E-state index contributed by atoms with van der Waals surface area (Å²) in [5.41, 5.74) is 2.34. The monoisotopic (exact) mass is 338 g/mol. The topological polar surface area (TPSA) is 64.3 Å². The van der Waals surface area contributed by atoms with Crippen molar-refractivity contribution in [3.8, 4) is 6.07 Å². The van der Waals surface area contributed by atoms with Crippen molar-refractivity contribution in [2.24, 2.45) is 0 Å². The molecule has 1 fully saturated rings. The number of nitrogens with zero attached hydrogens (tertiary/aromatic N) is 2. The number of anilines is 1. The number of aliphatic hydroxyl groups is 1. The third-order valence-corrected chi connectivity index (χ3v) is 5.03. The first-order valence-electron chi connectivity index (χ1n) is 7.90. The van der Waals surface area contributed by atoms with Gasteiger partial charge in [0.25, 0.3) is 0 Å². The Morgan fingerprint density at radius 2 is 2.00 bits per heavy atom. The van der Waals surface area contributed by atoms with Crippen LogP contribution in [0.5, 0.6) is 0 Å². The fourth-order valence-electron chi connectivity index (χ4n) is 2.71. The first kappa shape index (κ1) is 16.4. The Hall–Kier alpha value is -2.42. The van der Waals surface area contributed by atoms with Crippen LogP contribution in [0.1, 0.15) is 33.6 Å². The highest BCUT2D eigenvalue weighted by Crippen LogP contribution is 2.21. The molecule has 1 saturated heterocycles. The molecule has 2 aromatic rings. The van der Waals surface area contributed by atoms with Gasteiger partial charge in [0.2, 0.25) is 0 Å². The summed E-state index contributed by atoms with van der Waals surface area (Å²) in [6, 6.07) is 11.4.